The molecule has 1 aliphatic carbocycles. The Hall–Kier alpha value is -2.13. The van der Waals surface area contributed by atoms with E-state index in [0.717, 1.165) is 23.2 Å². The number of carbonyl (C=O) groups is 1. The van der Waals surface area contributed by atoms with E-state index < -0.39 is 8.32 Å². The van der Waals surface area contributed by atoms with Crippen molar-refractivity contribution in [2.75, 3.05) is 0 Å². The first-order chi connectivity index (χ1) is 10.5. The molecule has 0 radical (unpaired) electrons. The summed E-state index contributed by atoms with van der Waals surface area (Å²) in [5, 5.41) is 0. The minimum atomic E-state index is -1.74. The lowest BCUT2D eigenvalue weighted by atomic mass is 10.00. The van der Waals surface area contributed by atoms with Gasteiger partial charge < -0.3 is 4.43 Å². The summed E-state index contributed by atoms with van der Waals surface area (Å²) in [6.45, 7) is 6.41. The number of rotatable bonds is 4. The number of hydrogen-bond acceptors (Lipinski definition) is 2. The van der Waals surface area contributed by atoms with E-state index in [4.69, 9.17) is 4.43 Å². The molecule has 0 spiro atoms. The van der Waals surface area contributed by atoms with Crippen LogP contribution in [0.25, 0.3) is 16.9 Å². The van der Waals surface area contributed by atoms with Gasteiger partial charge in [-0.25, -0.2) is 0 Å². The van der Waals surface area contributed by atoms with Crippen molar-refractivity contribution in [3.8, 4) is 11.1 Å². The van der Waals surface area contributed by atoms with Crippen LogP contribution >= 0.6 is 0 Å². The van der Waals surface area contributed by atoms with Crippen molar-refractivity contribution >= 4 is 20.4 Å². The Balaban J connectivity index is 2.00. The number of allylic oxidation sites excluding steroid dienone is 1. The zero-order valence-electron chi connectivity index (χ0n) is 13.2. The van der Waals surface area contributed by atoms with Gasteiger partial charge in [0.25, 0.3) is 0 Å². The zero-order valence-corrected chi connectivity index (χ0v) is 14.2. The number of benzene rings is 2. The minimum Gasteiger partial charge on any atom is -0.544 e. The molecule has 0 fully saturated rings. The average Bonchev–Trinajstić information content (AvgIpc) is 2.83. The Morgan fingerprint density at radius 1 is 1.00 bits per heavy atom. The van der Waals surface area contributed by atoms with E-state index in [1.807, 2.05) is 18.2 Å². The van der Waals surface area contributed by atoms with Gasteiger partial charge >= 0.3 is 0 Å². The molecule has 2 aromatic rings. The van der Waals surface area contributed by atoms with Gasteiger partial charge in [0, 0.05) is 17.6 Å². The van der Waals surface area contributed by atoms with Crippen LogP contribution in [0.3, 0.4) is 0 Å². The summed E-state index contributed by atoms with van der Waals surface area (Å²) in [6.07, 6.45) is 1.61. The summed E-state index contributed by atoms with van der Waals surface area (Å²) in [7, 11) is -1.74. The van der Waals surface area contributed by atoms with Crippen molar-refractivity contribution in [3.63, 3.8) is 0 Å². The summed E-state index contributed by atoms with van der Waals surface area (Å²) in [4.78, 5) is 11.4. The van der Waals surface area contributed by atoms with Gasteiger partial charge in [0.15, 0.2) is 0 Å². The third kappa shape index (κ3) is 2.90. The maximum Gasteiger partial charge on any atom is 0.242 e. The maximum atomic E-state index is 11.4. The van der Waals surface area contributed by atoms with E-state index in [2.05, 4.69) is 50.0 Å². The van der Waals surface area contributed by atoms with Gasteiger partial charge in [-0.1, -0.05) is 48.5 Å². The molecular formula is C19H20O2Si. The Kier molecular flexibility index (Phi) is 3.75. The molecule has 112 valence electrons. The van der Waals surface area contributed by atoms with Crippen LogP contribution < -0.4 is 0 Å². The first-order valence-electron chi connectivity index (χ1n) is 7.54. The van der Waals surface area contributed by atoms with Gasteiger partial charge in [0.1, 0.15) is 12.0 Å². The highest BCUT2D eigenvalue weighted by molar-refractivity contribution is 6.70. The maximum absolute atomic E-state index is 11.4. The molecule has 0 amide bonds. The molecule has 0 aliphatic heterocycles. The fraction of sp³-hybridized carbons (Fsp3) is 0.211. The van der Waals surface area contributed by atoms with E-state index >= 15 is 0 Å². The van der Waals surface area contributed by atoms with Crippen LogP contribution in [-0.4, -0.2) is 14.6 Å². The first kappa shape index (κ1) is 14.8. The second-order valence-electron chi connectivity index (χ2n) is 6.60. The molecule has 0 saturated carbocycles. The molecular weight excluding hydrogens is 288 g/mol. The lowest BCUT2D eigenvalue weighted by Crippen LogP contribution is -2.24. The van der Waals surface area contributed by atoms with Crippen LogP contribution in [-0.2, 0) is 15.6 Å². The average molecular weight is 308 g/mol. The standard InChI is InChI=1S/C19H20O2Si/c1-22(2,3)21-19-17(13-20)12-16-11-15(9-10-18(16)19)14-7-5-4-6-8-14/h4-11,13H,12H2,1-3H3. The smallest absolute Gasteiger partial charge is 0.242 e. The Bertz CT molecular complexity index is 740. The Morgan fingerprint density at radius 3 is 2.36 bits per heavy atom. The molecule has 0 heterocycles. The predicted octanol–water partition coefficient (Wildman–Crippen LogP) is 4.67. The van der Waals surface area contributed by atoms with Crippen LogP contribution in [0.4, 0.5) is 0 Å². The van der Waals surface area contributed by atoms with Crippen LogP contribution in [0, 0.1) is 0 Å². The highest BCUT2D eigenvalue weighted by atomic mass is 28.4. The third-order valence-electron chi connectivity index (χ3n) is 3.68. The third-order valence-corrected chi connectivity index (χ3v) is 4.50. The van der Waals surface area contributed by atoms with Crippen molar-refractivity contribution < 1.29 is 9.22 Å². The van der Waals surface area contributed by atoms with Crippen LogP contribution in [0.15, 0.2) is 54.1 Å². The van der Waals surface area contributed by atoms with Gasteiger partial charge in [-0.3, -0.25) is 4.79 Å². The molecule has 1 aliphatic rings. The van der Waals surface area contributed by atoms with E-state index in [-0.39, 0.29) is 0 Å². The summed E-state index contributed by atoms with van der Waals surface area (Å²) in [5.41, 5.74) is 5.39. The molecule has 0 bridgehead atoms. The van der Waals surface area contributed by atoms with Gasteiger partial charge in [-0.05, 0) is 36.3 Å². The molecule has 0 aromatic heterocycles. The zero-order chi connectivity index (χ0) is 15.7. The molecule has 22 heavy (non-hydrogen) atoms. The monoisotopic (exact) mass is 308 g/mol. The van der Waals surface area contributed by atoms with Crippen molar-refractivity contribution in [1.29, 1.82) is 0 Å². The first-order valence-corrected chi connectivity index (χ1v) is 10.9. The highest BCUT2D eigenvalue weighted by Gasteiger charge is 2.27. The highest BCUT2D eigenvalue weighted by Crippen LogP contribution is 2.37. The van der Waals surface area contributed by atoms with E-state index in [1.54, 1.807) is 0 Å². The summed E-state index contributed by atoms with van der Waals surface area (Å²) < 4.78 is 6.16. The molecule has 0 atom stereocenters. The van der Waals surface area contributed by atoms with Crippen molar-refractivity contribution in [2.24, 2.45) is 0 Å². The van der Waals surface area contributed by atoms with Gasteiger partial charge in [0.2, 0.25) is 8.32 Å². The molecule has 0 N–H and O–H groups in total. The lowest BCUT2D eigenvalue weighted by molar-refractivity contribution is -0.104. The largest absolute Gasteiger partial charge is 0.544 e. The molecule has 2 nitrogen and oxygen atoms in total. The van der Waals surface area contributed by atoms with Gasteiger partial charge in [-0.2, -0.15) is 0 Å². The lowest BCUT2D eigenvalue weighted by Gasteiger charge is -2.21. The predicted molar refractivity (Wildman–Crippen MR) is 93.0 cm³/mol. The van der Waals surface area contributed by atoms with Crippen molar-refractivity contribution in [1.82, 2.24) is 0 Å². The van der Waals surface area contributed by atoms with E-state index in [9.17, 15) is 4.79 Å². The van der Waals surface area contributed by atoms with Crippen LogP contribution in [0.1, 0.15) is 11.1 Å². The molecule has 0 unspecified atom stereocenters. The van der Waals surface area contributed by atoms with Gasteiger partial charge in [-0.15, -0.1) is 0 Å². The number of hydrogen-bond donors (Lipinski definition) is 0. The molecule has 3 rings (SSSR count). The fourth-order valence-electron chi connectivity index (χ4n) is 2.75. The summed E-state index contributed by atoms with van der Waals surface area (Å²) in [5.74, 6) is 0.795. The second kappa shape index (κ2) is 5.58. The quantitative estimate of drug-likeness (QED) is 0.606. The normalized spacial score (nSPS) is 14.0. The van der Waals surface area contributed by atoms with E-state index in [0.29, 0.717) is 6.42 Å². The SMILES string of the molecule is C[Si](C)(C)OC1=C(C=O)Cc2cc(-c3ccccc3)ccc21. The van der Waals surface area contributed by atoms with Crippen LogP contribution in [0.2, 0.25) is 19.6 Å². The summed E-state index contributed by atoms with van der Waals surface area (Å²) >= 11 is 0. The molecule has 0 saturated heterocycles. The van der Waals surface area contributed by atoms with Crippen molar-refractivity contribution in [3.05, 3.63) is 65.2 Å². The molecule has 3 heteroatoms. The topological polar surface area (TPSA) is 26.3 Å². The Labute approximate surface area is 132 Å². The van der Waals surface area contributed by atoms with E-state index in [1.165, 1.54) is 16.7 Å². The number of aldehydes is 1. The second-order valence-corrected chi connectivity index (χ2v) is 11.0. The minimum absolute atomic E-state index is 0.666. The fourth-order valence-corrected chi connectivity index (χ4v) is 3.61. The number of carbonyl (C=O) groups excluding carboxylic acids is 1. The van der Waals surface area contributed by atoms with Gasteiger partial charge in [0.05, 0.1) is 0 Å². The Morgan fingerprint density at radius 2 is 1.73 bits per heavy atom. The van der Waals surface area contributed by atoms with Crippen LogP contribution in [0.5, 0.6) is 0 Å². The van der Waals surface area contributed by atoms with Crippen molar-refractivity contribution in [2.45, 2.75) is 26.1 Å². The number of fused-ring (bicyclic) bond motifs is 1. The molecule has 2 aromatic carbocycles. The summed E-state index contributed by atoms with van der Waals surface area (Å²) in [6, 6.07) is 16.7.